The van der Waals surface area contributed by atoms with E-state index in [4.69, 9.17) is 14.2 Å². The first-order valence-electron chi connectivity index (χ1n) is 13.2. The van der Waals surface area contributed by atoms with Crippen molar-refractivity contribution >= 4 is 5.91 Å². The SMILES string of the molecule is CCCOc1ccccc1CN1CCCC[C@H]2[C@@H](OC)CCCN2C(=O)c2cccc(c2)OCC1. The number of para-hydroxylation sites is 1. The molecule has 1 saturated heterocycles. The summed E-state index contributed by atoms with van der Waals surface area (Å²) < 4.78 is 18.0. The second-order valence-corrected chi connectivity index (χ2v) is 9.59. The third-order valence-electron chi connectivity index (χ3n) is 7.09. The summed E-state index contributed by atoms with van der Waals surface area (Å²) in [7, 11) is 1.78. The van der Waals surface area contributed by atoms with Gasteiger partial charge in [0.05, 0.1) is 18.8 Å². The molecule has 2 aliphatic rings. The maximum absolute atomic E-state index is 13.4. The van der Waals surface area contributed by atoms with Crippen LogP contribution in [-0.4, -0.2) is 67.8 Å². The summed E-state index contributed by atoms with van der Waals surface area (Å²) in [5.41, 5.74) is 1.91. The van der Waals surface area contributed by atoms with Crippen molar-refractivity contribution in [1.29, 1.82) is 0 Å². The fraction of sp³-hybridized carbons (Fsp3) is 0.552. The topological polar surface area (TPSA) is 51.2 Å². The molecular formula is C29H40N2O4. The van der Waals surface area contributed by atoms with E-state index in [1.54, 1.807) is 7.11 Å². The minimum atomic E-state index is 0.0876. The van der Waals surface area contributed by atoms with Gasteiger partial charge in [0.1, 0.15) is 18.1 Å². The molecule has 6 nitrogen and oxygen atoms in total. The molecule has 2 heterocycles. The molecule has 0 aromatic heterocycles. The Kier molecular flexibility index (Phi) is 9.43. The highest BCUT2D eigenvalue weighted by Crippen LogP contribution is 2.28. The lowest BCUT2D eigenvalue weighted by Gasteiger charge is -2.41. The molecule has 0 spiro atoms. The quantitative estimate of drug-likeness (QED) is 0.572. The Labute approximate surface area is 210 Å². The predicted molar refractivity (Wildman–Crippen MR) is 138 cm³/mol. The van der Waals surface area contributed by atoms with Crippen LogP contribution in [0.1, 0.15) is 61.4 Å². The monoisotopic (exact) mass is 480 g/mol. The van der Waals surface area contributed by atoms with E-state index >= 15 is 0 Å². The Balaban J connectivity index is 1.52. The van der Waals surface area contributed by atoms with Crippen molar-refractivity contribution in [3.63, 3.8) is 0 Å². The van der Waals surface area contributed by atoms with Crippen molar-refractivity contribution in [2.24, 2.45) is 0 Å². The third kappa shape index (κ3) is 6.77. The predicted octanol–water partition coefficient (Wildman–Crippen LogP) is 5.16. The van der Waals surface area contributed by atoms with Crippen LogP contribution in [0, 0.1) is 0 Å². The van der Waals surface area contributed by atoms with Crippen LogP contribution in [0.15, 0.2) is 48.5 Å². The molecule has 2 aromatic carbocycles. The summed E-state index contributed by atoms with van der Waals surface area (Å²) in [6.45, 7) is 6.85. The Hall–Kier alpha value is -2.57. The zero-order valence-corrected chi connectivity index (χ0v) is 21.3. The highest BCUT2D eigenvalue weighted by molar-refractivity contribution is 5.95. The lowest BCUT2D eigenvalue weighted by molar-refractivity contribution is -0.0156. The van der Waals surface area contributed by atoms with Crippen molar-refractivity contribution < 1.29 is 19.0 Å². The maximum atomic E-state index is 13.4. The second-order valence-electron chi connectivity index (χ2n) is 9.59. The van der Waals surface area contributed by atoms with Gasteiger partial charge < -0.3 is 19.1 Å². The Morgan fingerprint density at radius 3 is 2.74 bits per heavy atom. The van der Waals surface area contributed by atoms with Crippen LogP contribution in [0.4, 0.5) is 0 Å². The Morgan fingerprint density at radius 2 is 1.89 bits per heavy atom. The lowest BCUT2D eigenvalue weighted by Crippen LogP contribution is -2.51. The third-order valence-corrected chi connectivity index (χ3v) is 7.09. The second kappa shape index (κ2) is 12.9. The summed E-state index contributed by atoms with van der Waals surface area (Å²) in [5, 5.41) is 0. The number of amides is 1. The van der Waals surface area contributed by atoms with Crippen molar-refractivity contribution in [2.45, 2.75) is 64.1 Å². The van der Waals surface area contributed by atoms with Gasteiger partial charge in [-0.25, -0.2) is 0 Å². The summed E-state index contributed by atoms with van der Waals surface area (Å²) in [5.74, 6) is 1.81. The van der Waals surface area contributed by atoms with Gasteiger partial charge in [-0.2, -0.15) is 0 Å². The van der Waals surface area contributed by atoms with Crippen molar-refractivity contribution in [2.75, 3.05) is 40.0 Å². The normalized spacial score (nSPS) is 22.1. The zero-order valence-electron chi connectivity index (χ0n) is 21.3. The van der Waals surface area contributed by atoms with Crippen LogP contribution < -0.4 is 9.47 Å². The minimum absolute atomic E-state index is 0.0876. The molecule has 6 heteroatoms. The van der Waals surface area contributed by atoms with Crippen LogP contribution in [0.5, 0.6) is 11.5 Å². The number of carbonyl (C=O) groups excluding carboxylic acids is 1. The van der Waals surface area contributed by atoms with Gasteiger partial charge in [-0.15, -0.1) is 0 Å². The number of ether oxygens (including phenoxy) is 3. The fourth-order valence-corrected chi connectivity index (χ4v) is 5.25. The number of carbonyl (C=O) groups is 1. The van der Waals surface area contributed by atoms with Gasteiger partial charge in [0.2, 0.25) is 0 Å². The zero-order chi connectivity index (χ0) is 24.5. The number of nitrogens with zero attached hydrogens (tertiary/aromatic N) is 2. The molecule has 0 aliphatic carbocycles. The van der Waals surface area contributed by atoms with E-state index in [0.29, 0.717) is 12.2 Å². The van der Waals surface area contributed by atoms with Crippen LogP contribution in [0.25, 0.3) is 0 Å². The number of fused-ring (bicyclic) bond motifs is 3. The largest absolute Gasteiger partial charge is 0.493 e. The number of benzene rings is 2. The number of methoxy groups -OCH3 is 1. The van der Waals surface area contributed by atoms with E-state index in [0.717, 1.165) is 82.8 Å². The van der Waals surface area contributed by atoms with Crippen molar-refractivity contribution in [1.82, 2.24) is 9.80 Å². The van der Waals surface area contributed by atoms with Crippen LogP contribution >= 0.6 is 0 Å². The number of hydrogen-bond donors (Lipinski definition) is 0. The molecule has 190 valence electrons. The summed E-state index contributed by atoms with van der Waals surface area (Å²) in [6.07, 6.45) is 6.16. The lowest BCUT2D eigenvalue weighted by atomic mass is 9.93. The van der Waals surface area contributed by atoms with Crippen LogP contribution in [-0.2, 0) is 11.3 Å². The first-order chi connectivity index (χ1) is 17.2. The van der Waals surface area contributed by atoms with E-state index in [9.17, 15) is 4.79 Å². The molecule has 2 aromatic rings. The summed E-state index contributed by atoms with van der Waals surface area (Å²) >= 11 is 0. The average molecular weight is 481 g/mol. The van der Waals surface area contributed by atoms with Crippen LogP contribution in [0.3, 0.4) is 0 Å². The van der Waals surface area contributed by atoms with Crippen LogP contribution in [0.2, 0.25) is 0 Å². The molecule has 1 fully saturated rings. The summed E-state index contributed by atoms with van der Waals surface area (Å²) in [4.78, 5) is 17.9. The first-order valence-corrected chi connectivity index (χ1v) is 13.2. The molecule has 1 amide bonds. The smallest absolute Gasteiger partial charge is 0.254 e. The number of hydrogen-bond acceptors (Lipinski definition) is 5. The molecule has 2 atom stereocenters. The standard InChI is InChI=1S/C29H40N2O4/c1-3-19-35-27-14-5-4-10-24(27)22-30-16-7-6-13-26-28(33-2)15-9-17-31(26)29(32)23-11-8-12-25(21-23)34-20-18-30/h4-5,8,10-12,14,21,26,28H,3,6-7,9,13,15-20,22H2,1-2H3/t26-,28-/m0/s1. The van der Waals surface area contributed by atoms with Gasteiger partial charge in [-0.1, -0.05) is 37.6 Å². The summed E-state index contributed by atoms with van der Waals surface area (Å²) in [6, 6.07) is 16.1. The Morgan fingerprint density at radius 1 is 1.00 bits per heavy atom. The van der Waals surface area contributed by atoms with Gasteiger partial charge in [-0.05, 0) is 62.9 Å². The number of piperidine rings is 1. The molecule has 0 unspecified atom stereocenters. The van der Waals surface area contributed by atoms with Gasteiger partial charge in [-0.3, -0.25) is 9.69 Å². The number of rotatable bonds is 6. The molecule has 2 aliphatic heterocycles. The maximum Gasteiger partial charge on any atom is 0.254 e. The minimum Gasteiger partial charge on any atom is -0.493 e. The molecule has 4 rings (SSSR count). The van der Waals surface area contributed by atoms with Crippen molar-refractivity contribution in [3.8, 4) is 11.5 Å². The van der Waals surface area contributed by atoms with E-state index < -0.39 is 0 Å². The molecule has 0 radical (unpaired) electrons. The highest BCUT2D eigenvalue weighted by atomic mass is 16.5. The average Bonchev–Trinajstić information content (AvgIpc) is 2.89. The van der Waals surface area contributed by atoms with Gasteiger partial charge in [0, 0.05) is 37.9 Å². The molecule has 35 heavy (non-hydrogen) atoms. The van der Waals surface area contributed by atoms with E-state index in [-0.39, 0.29) is 18.1 Å². The Bertz CT molecular complexity index is 950. The van der Waals surface area contributed by atoms with Gasteiger partial charge in [0.25, 0.3) is 5.91 Å². The van der Waals surface area contributed by atoms with Gasteiger partial charge in [0.15, 0.2) is 0 Å². The first kappa shape index (κ1) is 25.5. The van der Waals surface area contributed by atoms with E-state index in [1.807, 2.05) is 35.2 Å². The van der Waals surface area contributed by atoms with Crippen molar-refractivity contribution in [3.05, 3.63) is 59.7 Å². The molecular weight excluding hydrogens is 440 g/mol. The fourth-order valence-electron chi connectivity index (χ4n) is 5.25. The van der Waals surface area contributed by atoms with E-state index in [2.05, 4.69) is 30.0 Å². The molecule has 2 bridgehead atoms. The van der Waals surface area contributed by atoms with E-state index in [1.165, 1.54) is 5.56 Å². The molecule has 0 saturated carbocycles. The molecule has 0 N–H and O–H groups in total. The highest BCUT2D eigenvalue weighted by Gasteiger charge is 2.34. The van der Waals surface area contributed by atoms with Gasteiger partial charge >= 0.3 is 0 Å².